The van der Waals surface area contributed by atoms with Crippen molar-refractivity contribution >= 4 is 16.9 Å². The van der Waals surface area contributed by atoms with Crippen LogP contribution in [0.4, 0.5) is 0 Å². The van der Waals surface area contributed by atoms with Gasteiger partial charge in [0.2, 0.25) is 0 Å². The maximum Gasteiger partial charge on any atom is 0.354 e. The van der Waals surface area contributed by atoms with E-state index >= 15 is 0 Å². The monoisotopic (exact) mass is 239 g/mol. The zero-order valence-electron chi connectivity index (χ0n) is 9.29. The van der Waals surface area contributed by atoms with E-state index in [0.717, 1.165) is 22.0 Å². The van der Waals surface area contributed by atoms with Gasteiger partial charge in [0.15, 0.2) is 0 Å². The topological polar surface area (TPSA) is 78.9 Å². The predicted molar refractivity (Wildman–Crippen MR) is 66.3 cm³/mol. The van der Waals surface area contributed by atoms with Crippen molar-refractivity contribution in [2.45, 2.75) is 0 Å². The molecule has 0 fully saturated rings. The number of hydrogen-bond acceptors (Lipinski definition) is 3. The number of benzene rings is 1. The highest BCUT2D eigenvalue weighted by molar-refractivity contribution is 5.88. The van der Waals surface area contributed by atoms with Crippen LogP contribution in [0, 0.1) is 0 Å². The Labute approximate surface area is 102 Å². The second-order valence-electron chi connectivity index (χ2n) is 3.91. The molecule has 0 aliphatic heterocycles. The van der Waals surface area contributed by atoms with Crippen molar-refractivity contribution in [2.75, 3.05) is 0 Å². The van der Waals surface area contributed by atoms with Crippen molar-refractivity contribution in [3.8, 4) is 11.1 Å². The normalized spacial score (nSPS) is 10.7. The van der Waals surface area contributed by atoms with E-state index in [1.807, 2.05) is 18.2 Å². The summed E-state index contributed by atoms with van der Waals surface area (Å²) in [5.74, 6) is -1.03. The first-order valence-electron chi connectivity index (χ1n) is 5.37. The molecule has 0 bridgehead atoms. The third-order valence-corrected chi connectivity index (χ3v) is 2.75. The molecule has 2 N–H and O–H groups in total. The smallest absolute Gasteiger partial charge is 0.354 e. The second-order valence-corrected chi connectivity index (χ2v) is 3.91. The molecule has 0 spiro atoms. The minimum Gasteiger partial charge on any atom is -0.477 e. The number of H-pyrrole nitrogens is 1. The van der Waals surface area contributed by atoms with Gasteiger partial charge in [0.1, 0.15) is 5.69 Å². The fourth-order valence-corrected chi connectivity index (χ4v) is 1.85. The van der Waals surface area contributed by atoms with Gasteiger partial charge in [0.25, 0.3) is 0 Å². The number of rotatable bonds is 2. The van der Waals surface area contributed by atoms with E-state index in [2.05, 4.69) is 15.2 Å². The van der Waals surface area contributed by atoms with Gasteiger partial charge >= 0.3 is 5.97 Å². The van der Waals surface area contributed by atoms with Crippen molar-refractivity contribution < 1.29 is 9.90 Å². The molecule has 5 heteroatoms. The van der Waals surface area contributed by atoms with Gasteiger partial charge in [-0.25, -0.2) is 9.78 Å². The van der Waals surface area contributed by atoms with Gasteiger partial charge in [0.05, 0.1) is 11.7 Å². The van der Waals surface area contributed by atoms with Gasteiger partial charge in [-0.15, -0.1) is 0 Å². The van der Waals surface area contributed by atoms with Crippen LogP contribution in [0.5, 0.6) is 0 Å². The Morgan fingerprint density at radius 3 is 2.83 bits per heavy atom. The molecule has 1 aromatic carbocycles. The van der Waals surface area contributed by atoms with E-state index in [9.17, 15) is 4.79 Å². The maximum atomic E-state index is 10.9. The van der Waals surface area contributed by atoms with Gasteiger partial charge in [-0.1, -0.05) is 6.07 Å². The van der Waals surface area contributed by atoms with E-state index in [-0.39, 0.29) is 5.69 Å². The van der Waals surface area contributed by atoms with E-state index in [1.54, 1.807) is 18.3 Å². The molecule has 2 aromatic heterocycles. The number of hydrogen-bond donors (Lipinski definition) is 2. The second kappa shape index (κ2) is 3.96. The summed E-state index contributed by atoms with van der Waals surface area (Å²) < 4.78 is 0. The Bertz CT molecular complexity index is 734. The molecule has 0 unspecified atom stereocenters. The first kappa shape index (κ1) is 10.5. The highest BCUT2D eigenvalue weighted by Gasteiger charge is 2.07. The van der Waals surface area contributed by atoms with Crippen LogP contribution in [-0.4, -0.2) is 26.3 Å². The third kappa shape index (κ3) is 1.71. The molecular weight excluding hydrogens is 230 g/mol. The predicted octanol–water partition coefficient (Wildman–Crippen LogP) is 2.32. The van der Waals surface area contributed by atoms with Gasteiger partial charge in [-0.3, -0.25) is 5.10 Å². The standard InChI is InChI=1S/C13H9N3O2/c17-13(18)12-6-9(3-4-14-12)8-1-2-11-10(5-8)7-15-16-11/h1-7H,(H,15,16)(H,17,18). The molecule has 0 amide bonds. The summed E-state index contributed by atoms with van der Waals surface area (Å²) in [4.78, 5) is 14.7. The lowest BCUT2D eigenvalue weighted by Gasteiger charge is -2.02. The summed E-state index contributed by atoms with van der Waals surface area (Å²) in [7, 11) is 0. The summed E-state index contributed by atoms with van der Waals surface area (Å²) in [6.45, 7) is 0. The Morgan fingerprint density at radius 1 is 1.17 bits per heavy atom. The zero-order chi connectivity index (χ0) is 12.5. The number of fused-ring (bicyclic) bond motifs is 1. The van der Waals surface area contributed by atoms with E-state index in [1.165, 1.54) is 6.20 Å². The van der Waals surface area contributed by atoms with Gasteiger partial charge < -0.3 is 5.11 Å². The lowest BCUT2D eigenvalue weighted by molar-refractivity contribution is 0.0690. The number of aromatic carboxylic acids is 1. The fourth-order valence-electron chi connectivity index (χ4n) is 1.85. The van der Waals surface area contributed by atoms with Crippen LogP contribution in [0.25, 0.3) is 22.0 Å². The van der Waals surface area contributed by atoms with E-state index in [4.69, 9.17) is 5.11 Å². The lowest BCUT2D eigenvalue weighted by Crippen LogP contribution is -1.99. The third-order valence-electron chi connectivity index (χ3n) is 2.75. The Morgan fingerprint density at radius 2 is 2.00 bits per heavy atom. The van der Waals surface area contributed by atoms with Crippen LogP contribution in [-0.2, 0) is 0 Å². The largest absolute Gasteiger partial charge is 0.477 e. The van der Waals surface area contributed by atoms with Gasteiger partial charge in [-0.2, -0.15) is 5.10 Å². The number of aromatic amines is 1. The average molecular weight is 239 g/mol. The van der Waals surface area contributed by atoms with Crippen LogP contribution in [0.15, 0.2) is 42.7 Å². The number of nitrogens with one attached hydrogen (secondary N) is 1. The summed E-state index contributed by atoms with van der Waals surface area (Å²) in [5, 5.41) is 16.7. The molecule has 0 aliphatic carbocycles. The van der Waals surface area contributed by atoms with Crippen LogP contribution in [0.1, 0.15) is 10.5 Å². The van der Waals surface area contributed by atoms with Gasteiger partial charge in [0, 0.05) is 11.6 Å². The van der Waals surface area contributed by atoms with Crippen LogP contribution in [0.3, 0.4) is 0 Å². The molecule has 0 aliphatic rings. The van der Waals surface area contributed by atoms with Crippen molar-refractivity contribution in [2.24, 2.45) is 0 Å². The lowest BCUT2D eigenvalue weighted by atomic mass is 10.0. The van der Waals surface area contributed by atoms with Crippen molar-refractivity contribution in [3.63, 3.8) is 0 Å². The number of pyridine rings is 1. The summed E-state index contributed by atoms with van der Waals surface area (Å²) in [5.41, 5.74) is 2.75. The van der Waals surface area contributed by atoms with Crippen molar-refractivity contribution in [1.29, 1.82) is 0 Å². The molecule has 88 valence electrons. The summed E-state index contributed by atoms with van der Waals surface area (Å²) in [6, 6.07) is 9.14. The molecule has 0 atom stereocenters. The number of carboxylic acid groups (broad SMARTS) is 1. The van der Waals surface area contributed by atoms with Crippen LogP contribution >= 0.6 is 0 Å². The average Bonchev–Trinajstić information content (AvgIpc) is 2.86. The number of carbonyl (C=O) groups is 1. The fraction of sp³-hybridized carbons (Fsp3) is 0. The number of carboxylic acids is 1. The number of aromatic nitrogens is 3. The Hall–Kier alpha value is -2.69. The van der Waals surface area contributed by atoms with Gasteiger partial charge in [-0.05, 0) is 35.4 Å². The van der Waals surface area contributed by atoms with Crippen LogP contribution < -0.4 is 0 Å². The molecular formula is C13H9N3O2. The van der Waals surface area contributed by atoms with E-state index < -0.39 is 5.97 Å². The molecule has 2 heterocycles. The summed E-state index contributed by atoms with van der Waals surface area (Å²) >= 11 is 0. The maximum absolute atomic E-state index is 10.9. The number of nitrogens with zero attached hydrogens (tertiary/aromatic N) is 2. The molecule has 0 saturated heterocycles. The summed E-state index contributed by atoms with van der Waals surface area (Å²) in [6.07, 6.45) is 3.23. The first-order chi connectivity index (χ1) is 8.74. The molecule has 5 nitrogen and oxygen atoms in total. The molecule has 3 aromatic rings. The minimum atomic E-state index is -1.03. The highest BCUT2D eigenvalue weighted by atomic mass is 16.4. The molecule has 0 radical (unpaired) electrons. The Balaban J connectivity index is 2.13. The molecule has 18 heavy (non-hydrogen) atoms. The Kier molecular flexibility index (Phi) is 2.30. The SMILES string of the molecule is O=C(O)c1cc(-c2ccc3[nH]ncc3c2)ccn1. The van der Waals surface area contributed by atoms with Crippen LogP contribution in [0.2, 0.25) is 0 Å². The molecule has 3 rings (SSSR count). The quantitative estimate of drug-likeness (QED) is 0.719. The first-order valence-corrected chi connectivity index (χ1v) is 5.37. The zero-order valence-corrected chi connectivity index (χ0v) is 9.29. The van der Waals surface area contributed by atoms with E-state index in [0.29, 0.717) is 0 Å². The molecule has 0 saturated carbocycles. The minimum absolute atomic E-state index is 0.0415. The van der Waals surface area contributed by atoms with Crippen molar-refractivity contribution in [3.05, 3.63) is 48.4 Å². The van der Waals surface area contributed by atoms with Crippen molar-refractivity contribution in [1.82, 2.24) is 15.2 Å². The highest BCUT2D eigenvalue weighted by Crippen LogP contribution is 2.23.